The number of aliphatic hydroxyl groups excluding tert-OH is 1. The zero-order valence-electron chi connectivity index (χ0n) is 18.5. The van der Waals surface area contributed by atoms with E-state index in [1.54, 1.807) is 24.3 Å². The third-order valence-electron chi connectivity index (χ3n) is 5.95. The molecule has 0 saturated heterocycles. The lowest BCUT2D eigenvalue weighted by molar-refractivity contribution is -0.132. The molecule has 1 aromatic rings. The lowest BCUT2D eigenvalue weighted by Gasteiger charge is -2.36. The van der Waals surface area contributed by atoms with E-state index in [0.717, 1.165) is 32.2 Å². The van der Waals surface area contributed by atoms with Gasteiger partial charge in [-0.3, -0.25) is 9.69 Å². The zero-order chi connectivity index (χ0) is 23.1. The van der Waals surface area contributed by atoms with Crippen LogP contribution in [0, 0.1) is 0 Å². The van der Waals surface area contributed by atoms with Gasteiger partial charge in [0.25, 0.3) is 0 Å². The molecule has 2 rings (SSSR count). The number of amides is 1. The molecule has 1 fully saturated rings. The lowest BCUT2D eigenvalue weighted by atomic mass is 9.94. The van der Waals surface area contributed by atoms with Crippen molar-refractivity contribution >= 4 is 21.7 Å². The van der Waals surface area contributed by atoms with Gasteiger partial charge in [-0.1, -0.05) is 50.6 Å². The molecule has 0 heterocycles. The number of rotatable bonds is 10. The summed E-state index contributed by atoms with van der Waals surface area (Å²) >= 11 is 0. The number of likely N-dealkylation sites (N-methyl/N-ethyl adjacent to an activating group) is 1. The van der Waals surface area contributed by atoms with Gasteiger partial charge in [-0.25, -0.2) is 13.1 Å². The second-order valence-electron chi connectivity index (χ2n) is 7.64. The molecule has 170 valence electrons. The van der Waals surface area contributed by atoms with Crippen LogP contribution < -0.4 is 10.0 Å². The van der Waals surface area contributed by atoms with E-state index >= 15 is 0 Å². The first kappa shape index (κ1) is 24.8. The van der Waals surface area contributed by atoms with Crippen LogP contribution in [0.2, 0.25) is 0 Å². The maximum atomic E-state index is 13.0. The number of hydrogen-bond donors (Lipinski definition) is 3. The Morgan fingerprint density at radius 3 is 2.48 bits per heavy atom. The van der Waals surface area contributed by atoms with Gasteiger partial charge in [-0.05, 0) is 57.3 Å². The zero-order valence-corrected chi connectivity index (χ0v) is 19.3. The first-order valence-electron chi connectivity index (χ1n) is 10.5. The van der Waals surface area contributed by atoms with Crippen LogP contribution in [0.3, 0.4) is 0 Å². The van der Waals surface area contributed by atoms with Gasteiger partial charge in [0.1, 0.15) is 11.3 Å². The van der Waals surface area contributed by atoms with Crippen LogP contribution in [0.15, 0.2) is 59.5 Å². The molecule has 0 bridgehead atoms. The van der Waals surface area contributed by atoms with Gasteiger partial charge in [-0.15, -0.1) is 0 Å². The summed E-state index contributed by atoms with van der Waals surface area (Å²) in [5, 5.41) is 13.5. The largest absolute Gasteiger partial charge is 0.507 e. The molecule has 1 aliphatic rings. The van der Waals surface area contributed by atoms with Crippen LogP contribution in [-0.4, -0.2) is 57.1 Å². The molecule has 3 N–H and O–H groups in total. The molecular weight excluding hydrogens is 414 g/mol. The second kappa shape index (κ2) is 10.7. The number of carbonyl (C=O) groups excluding carboxylic acids is 1. The highest BCUT2D eigenvalue weighted by Gasteiger charge is 2.43. The lowest BCUT2D eigenvalue weighted by Crippen LogP contribution is -2.56. The quantitative estimate of drug-likeness (QED) is 0.378. The number of nitrogens with zero attached hydrogens (tertiary/aromatic N) is 1. The van der Waals surface area contributed by atoms with Crippen molar-refractivity contribution in [3.05, 3.63) is 60.2 Å². The molecule has 0 spiro atoms. The van der Waals surface area contributed by atoms with Crippen molar-refractivity contribution in [3.8, 4) is 0 Å². The molecule has 1 saturated carbocycles. The Balaban J connectivity index is 2.19. The Hall–Kier alpha value is -2.42. The van der Waals surface area contributed by atoms with Crippen LogP contribution >= 0.6 is 0 Å². The maximum absolute atomic E-state index is 13.0. The van der Waals surface area contributed by atoms with Gasteiger partial charge >= 0.3 is 0 Å². The molecule has 0 unspecified atom stereocenters. The van der Waals surface area contributed by atoms with E-state index in [1.807, 2.05) is 14.0 Å². The van der Waals surface area contributed by atoms with Crippen molar-refractivity contribution in [1.29, 1.82) is 0 Å². The Morgan fingerprint density at radius 1 is 1.26 bits per heavy atom. The summed E-state index contributed by atoms with van der Waals surface area (Å²) < 4.78 is 26.7. The van der Waals surface area contributed by atoms with E-state index in [0.29, 0.717) is 5.57 Å². The van der Waals surface area contributed by atoms with Gasteiger partial charge in [0.15, 0.2) is 0 Å². The van der Waals surface area contributed by atoms with Crippen LogP contribution in [0.4, 0.5) is 0 Å². The van der Waals surface area contributed by atoms with E-state index in [1.165, 1.54) is 25.3 Å². The molecule has 1 aromatic carbocycles. The normalized spacial score (nSPS) is 17.0. The summed E-state index contributed by atoms with van der Waals surface area (Å²) in [5.41, 5.74) is 0.413. The minimum Gasteiger partial charge on any atom is -0.507 e. The standard InChI is InChI=1S/C23H33N3O4S/c1-5-18(17-25-22(28)23(26(4)6-2)15-9-10-16-23)13-14-20(27)19-11-7-8-12-21(19)31(29,30)24-3/h5,7-8,11-14,24,27H,1,6,9-10,15-17H2,2-4H3,(H,25,28)/b18-13+,20-14-. The summed E-state index contributed by atoms with van der Waals surface area (Å²) in [6, 6.07) is 6.20. The first-order chi connectivity index (χ1) is 14.7. The molecule has 31 heavy (non-hydrogen) atoms. The molecule has 7 nitrogen and oxygen atoms in total. The number of allylic oxidation sites excluding steroid dienone is 2. The average Bonchev–Trinajstić information content (AvgIpc) is 3.29. The fourth-order valence-corrected chi connectivity index (χ4v) is 4.83. The van der Waals surface area contributed by atoms with Gasteiger partial charge in [0, 0.05) is 12.1 Å². The van der Waals surface area contributed by atoms with E-state index in [9.17, 15) is 18.3 Å². The summed E-state index contributed by atoms with van der Waals surface area (Å²) in [6.45, 7) is 6.88. The third kappa shape index (κ3) is 5.64. The SMILES string of the molecule is C=C/C(=C\C=C(/O)c1ccccc1S(=O)(=O)NC)CNC(=O)C1(N(C)CC)CCCC1. The van der Waals surface area contributed by atoms with Crippen LogP contribution in [0.1, 0.15) is 38.2 Å². The molecule has 0 atom stereocenters. The Kier molecular flexibility index (Phi) is 8.61. The van der Waals surface area contributed by atoms with Crippen molar-refractivity contribution in [2.24, 2.45) is 0 Å². The Morgan fingerprint density at radius 2 is 1.90 bits per heavy atom. The maximum Gasteiger partial charge on any atom is 0.241 e. The third-order valence-corrected chi connectivity index (χ3v) is 7.42. The van der Waals surface area contributed by atoms with Crippen molar-refractivity contribution < 1.29 is 18.3 Å². The Labute approximate surface area is 185 Å². The van der Waals surface area contributed by atoms with Gasteiger partial charge < -0.3 is 10.4 Å². The van der Waals surface area contributed by atoms with Crippen molar-refractivity contribution in [2.75, 3.05) is 27.2 Å². The molecule has 8 heteroatoms. The highest BCUT2D eigenvalue weighted by atomic mass is 32.2. The van der Waals surface area contributed by atoms with Crippen LogP contribution in [0.25, 0.3) is 5.76 Å². The van der Waals surface area contributed by atoms with Gasteiger partial charge in [0.05, 0.1) is 4.90 Å². The number of benzene rings is 1. The molecule has 0 aliphatic heterocycles. The molecule has 1 amide bonds. The van der Waals surface area contributed by atoms with Crippen molar-refractivity contribution in [1.82, 2.24) is 14.9 Å². The predicted octanol–water partition coefficient (Wildman–Crippen LogP) is 2.99. The molecule has 1 aliphatic carbocycles. The van der Waals surface area contributed by atoms with Gasteiger partial charge in [-0.2, -0.15) is 0 Å². The molecule has 0 aromatic heterocycles. The van der Waals surface area contributed by atoms with E-state index in [-0.39, 0.29) is 28.7 Å². The monoisotopic (exact) mass is 447 g/mol. The molecular formula is C23H33N3O4S. The summed E-state index contributed by atoms with van der Waals surface area (Å²) in [6.07, 6.45) is 8.39. The van der Waals surface area contributed by atoms with Crippen LogP contribution in [-0.2, 0) is 14.8 Å². The molecule has 0 radical (unpaired) electrons. The average molecular weight is 448 g/mol. The number of hydrogen-bond acceptors (Lipinski definition) is 5. The summed E-state index contributed by atoms with van der Waals surface area (Å²) in [7, 11) is -0.423. The summed E-state index contributed by atoms with van der Waals surface area (Å²) in [5.74, 6) is -0.196. The van der Waals surface area contributed by atoms with E-state index in [4.69, 9.17) is 0 Å². The predicted molar refractivity (Wildman–Crippen MR) is 124 cm³/mol. The second-order valence-corrected chi connectivity index (χ2v) is 9.49. The minimum atomic E-state index is -3.72. The highest BCUT2D eigenvalue weighted by molar-refractivity contribution is 7.89. The van der Waals surface area contributed by atoms with Gasteiger partial charge in [0.2, 0.25) is 15.9 Å². The van der Waals surface area contributed by atoms with E-state index in [2.05, 4.69) is 21.5 Å². The summed E-state index contributed by atoms with van der Waals surface area (Å²) in [4.78, 5) is 15.1. The van der Waals surface area contributed by atoms with Crippen molar-refractivity contribution in [3.63, 3.8) is 0 Å². The first-order valence-corrected chi connectivity index (χ1v) is 11.9. The number of aliphatic hydroxyl groups is 1. The van der Waals surface area contributed by atoms with E-state index < -0.39 is 15.6 Å². The van der Waals surface area contributed by atoms with Crippen LogP contribution in [0.5, 0.6) is 0 Å². The Bertz CT molecular complexity index is 961. The topological polar surface area (TPSA) is 98.7 Å². The highest BCUT2D eigenvalue weighted by Crippen LogP contribution is 2.34. The number of nitrogens with one attached hydrogen (secondary N) is 2. The fraction of sp³-hybridized carbons (Fsp3) is 0.435. The minimum absolute atomic E-state index is 0.000704. The fourth-order valence-electron chi connectivity index (χ4n) is 3.89. The number of sulfonamides is 1. The smallest absolute Gasteiger partial charge is 0.241 e. The number of carbonyl (C=O) groups is 1. The van der Waals surface area contributed by atoms with Crippen molar-refractivity contribution in [2.45, 2.75) is 43.0 Å².